The van der Waals surface area contributed by atoms with Gasteiger partial charge in [-0.3, -0.25) is 0 Å². The van der Waals surface area contributed by atoms with Crippen molar-refractivity contribution in [2.24, 2.45) is 0 Å². The SMILES string of the molecule is Cc1ccc(C2CCCC[N]2)cc1. The lowest BCUT2D eigenvalue weighted by Crippen LogP contribution is -2.20. The molecule has 1 heterocycles. The molecule has 69 valence electrons. The second-order valence-corrected chi connectivity index (χ2v) is 3.83. The van der Waals surface area contributed by atoms with Crippen LogP contribution in [0.1, 0.15) is 36.4 Å². The molecule has 1 unspecified atom stereocenters. The molecule has 1 radical (unpaired) electrons. The van der Waals surface area contributed by atoms with E-state index in [-0.39, 0.29) is 0 Å². The fourth-order valence-corrected chi connectivity index (χ4v) is 1.85. The minimum absolute atomic E-state index is 0.481. The highest BCUT2D eigenvalue weighted by molar-refractivity contribution is 5.24. The Hall–Kier alpha value is -0.820. The summed E-state index contributed by atoms with van der Waals surface area (Å²) in [5.74, 6) is 0. The summed E-state index contributed by atoms with van der Waals surface area (Å²) in [7, 11) is 0. The van der Waals surface area contributed by atoms with Crippen LogP contribution in [-0.2, 0) is 0 Å². The average molecular weight is 174 g/mol. The zero-order valence-electron chi connectivity index (χ0n) is 8.16. The van der Waals surface area contributed by atoms with E-state index < -0.39 is 0 Å². The number of benzene rings is 1. The Kier molecular flexibility index (Phi) is 2.65. The van der Waals surface area contributed by atoms with Gasteiger partial charge in [0.15, 0.2) is 0 Å². The molecule has 0 N–H and O–H groups in total. The van der Waals surface area contributed by atoms with Gasteiger partial charge in [-0.05, 0) is 25.3 Å². The van der Waals surface area contributed by atoms with Crippen molar-refractivity contribution in [2.75, 3.05) is 6.54 Å². The largest absolute Gasteiger partial charge is 0.234 e. The Bertz CT molecular complexity index is 257. The summed E-state index contributed by atoms with van der Waals surface area (Å²) in [5, 5.41) is 4.63. The van der Waals surface area contributed by atoms with Gasteiger partial charge in [-0.1, -0.05) is 36.2 Å². The van der Waals surface area contributed by atoms with Crippen LogP contribution in [0.3, 0.4) is 0 Å². The number of hydrogen-bond donors (Lipinski definition) is 0. The molecule has 1 heteroatoms. The number of rotatable bonds is 1. The van der Waals surface area contributed by atoms with Gasteiger partial charge in [0.05, 0.1) is 0 Å². The zero-order chi connectivity index (χ0) is 9.10. The molecule has 0 spiro atoms. The normalized spacial score (nSPS) is 23.0. The first-order valence-corrected chi connectivity index (χ1v) is 5.09. The number of nitrogens with zero attached hydrogens (tertiary/aromatic N) is 1. The lowest BCUT2D eigenvalue weighted by molar-refractivity contribution is 0.403. The van der Waals surface area contributed by atoms with Crippen molar-refractivity contribution in [3.8, 4) is 0 Å². The Balaban J connectivity index is 2.10. The molecule has 1 aromatic carbocycles. The maximum atomic E-state index is 4.63. The summed E-state index contributed by atoms with van der Waals surface area (Å²) in [6.45, 7) is 3.18. The van der Waals surface area contributed by atoms with Crippen molar-refractivity contribution in [1.82, 2.24) is 5.32 Å². The number of aryl methyl sites for hydroxylation is 1. The zero-order valence-corrected chi connectivity index (χ0v) is 8.16. The standard InChI is InChI=1S/C12H16N/c1-10-5-7-11(8-6-10)12-4-2-3-9-13-12/h5-8,12H,2-4,9H2,1H3. The van der Waals surface area contributed by atoms with Gasteiger partial charge in [0.2, 0.25) is 0 Å². The maximum absolute atomic E-state index is 4.63. The van der Waals surface area contributed by atoms with Crippen LogP contribution in [0.25, 0.3) is 0 Å². The fraction of sp³-hybridized carbons (Fsp3) is 0.500. The highest BCUT2D eigenvalue weighted by atomic mass is 14.9. The van der Waals surface area contributed by atoms with Crippen molar-refractivity contribution >= 4 is 0 Å². The molecule has 2 rings (SSSR count). The van der Waals surface area contributed by atoms with Crippen LogP contribution >= 0.6 is 0 Å². The highest BCUT2D eigenvalue weighted by Gasteiger charge is 2.14. The fourth-order valence-electron chi connectivity index (χ4n) is 1.85. The van der Waals surface area contributed by atoms with Crippen molar-refractivity contribution < 1.29 is 0 Å². The molecule has 0 bridgehead atoms. The van der Waals surface area contributed by atoms with Crippen LogP contribution in [0.15, 0.2) is 24.3 Å². The summed E-state index contributed by atoms with van der Waals surface area (Å²) in [4.78, 5) is 0. The third kappa shape index (κ3) is 2.10. The Morgan fingerprint density at radius 1 is 1.15 bits per heavy atom. The van der Waals surface area contributed by atoms with Gasteiger partial charge in [0.1, 0.15) is 0 Å². The van der Waals surface area contributed by atoms with Crippen LogP contribution in [0, 0.1) is 6.92 Å². The molecule has 0 amide bonds. The molecule has 1 fully saturated rings. The van der Waals surface area contributed by atoms with E-state index in [0.717, 1.165) is 6.54 Å². The minimum Gasteiger partial charge on any atom is -0.234 e. The lowest BCUT2D eigenvalue weighted by atomic mass is 9.97. The van der Waals surface area contributed by atoms with E-state index in [2.05, 4.69) is 36.5 Å². The minimum atomic E-state index is 0.481. The topological polar surface area (TPSA) is 14.1 Å². The molecule has 1 aliphatic rings. The molecule has 1 aliphatic heterocycles. The number of hydrogen-bond acceptors (Lipinski definition) is 0. The smallest absolute Gasteiger partial charge is 0.0495 e. The van der Waals surface area contributed by atoms with E-state index in [0.29, 0.717) is 6.04 Å². The Morgan fingerprint density at radius 3 is 2.54 bits per heavy atom. The van der Waals surface area contributed by atoms with Gasteiger partial charge in [0, 0.05) is 12.6 Å². The Labute approximate surface area is 80.2 Å². The van der Waals surface area contributed by atoms with E-state index in [4.69, 9.17) is 0 Å². The summed E-state index contributed by atoms with van der Waals surface area (Å²) < 4.78 is 0. The third-order valence-electron chi connectivity index (χ3n) is 2.70. The Morgan fingerprint density at radius 2 is 1.92 bits per heavy atom. The van der Waals surface area contributed by atoms with Crippen molar-refractivity contribution in [1.29, 1.82) is 0 Å². The molecular formula is C12H16N. The molecule has 0 aromatic heterocycles. The first-order chi connectivity index (χ1) is 6.36. The van der Waals surface area contributed by atoms with Gasteiger partial charge in [-0.2, -0.15) is 0 Å². The first-order valence-electron chi connectivity index (χ1n) is 5.09. The lowest BCUT2D eigenvalue weighted by Gasteiger charge is -2.21. The molecule has 1 atom stereocenters. The van der Waals surface area contributed by atoms with Gasteiger partial charge >= 0.3 is 0 Å². The van der Waals surface area contributed by atoms with Crippen LogP contribution in [0.2, 0.25) is 0 Å². The highest BCUT2D eigenvalue weighted by Crippen LogP contribution is 2.24. The van der Waals surface area contributed by atoms with E-state index >= 15 is 0 Å². The van der Waals surface area contributed by atoms with Gasteiger partial charge in [0.25, 0.3) is 0 Å². The van der Waals surface area contributed by atoms with E-state index in [9.17, 15) is 0 Å². The third-order valence-corrected chi connectivity index (χ3v) is 2.70. The van der Waals surface area contributed by atoms with E-state index in [1.54, 1.807) is 0 Å². The molecule has 0 saturated carbocycles. The predicted octanol–water partition coefficient (Wildman–Crippen LogP) is 2.82. The monoisotopic (exact) mass is 174 g/mol. The van der Waals surface area contributed by atoms with Crippen molar-refractivity contribution in [2.45, 2.75) is 32.2 Å². The molecular weight excluding hydrogens is 158 g/mol. The molecule has 13 heavy (non-hydrogen) atoms. The quantitative estimate of drug-likeness (QED) is 0.621. The van der Waals surface area contributed by atoms with Crippen molar-refractivity contribution in [3.63, 3.8) is 0 Å². The average Bonchev–Trinajstić information content (AvgIpc) is 2.20. The van der Waals surface area contributed by atoms with Crippen LogP contribution in [0.4, 0.5) is 0 Å². The summed E-state index contributed by atoms with van der Waals surface area (Å²) in [5.41, 5.74) is 2.73. The number of piperidine rings is 1. The van der Waals surface area contributed by atoms with Gasteiger partial charge < -0.3 is 0 Å². The van der Waals surface area contributed by atoms with Crippen LogP contribution in [0.5, 0.6) is 0 Å². The van der Waals surface area contributed by atoms with Crippen LogP contribution < -0.4 is 5.32 Å². The molecule has 1 saturated heterocycles. The van der Waals surface area contributed by atoms with E-state index in [1.807, 2.05) is 0 Å². The van der Waals surface area contributed by atoms with Crippen LogP contribution in [-0.4, -0.2) is 6.54 Å². The summed E-state index contributed by atoms with van der Waals surface area (Å²) in [6.07, 6.45) is 3.85. The maximum Gasteiger partial charge on any atom is 0.0495 e. The van der Waals surface area contributed by atoms with Crippen molar-refractivity contribution in [3.05, 3.63) is 35.4 Å². The summed E-state index contributed by atoms with van der Waals surface area (Å²) >= 11 is 0. The predicted molar refractivity (Wildman–Crippen MR) is 54.8 cm³/mol. The van der Waals surface area contributed by atoms with Gasteiger partial charge in [-0.15, -0.1) is 0 Å². The van der Waals surface area contributed by atoms with E-state index in [1.165, 1.54) is 30.4 Å². The molecule has 0 aliphatic carbocycles. The second-order valence-electron chi connectivity index (χ2n) is 3.83. The summed E-state index contributed by atoms with van der Waals surface area (Å²) in [6, 6.07) is 9.28. The van der Waals surface area contributed by atoms with Gasteiger partial charge in [-0.25, -0.2) is 5.32 Å². The molecule has 1 nitrogen and oxygen atoms in total. The second kappa shape index (κ2) is 3.93. The molecule has 1 aromatic rings. The first kappa shape index (κ1) is 8.76.